The third-order valence-corrected chi connectivity index (χ3v) is 2.74. The minimum absolute atomic E-state index is 0.231. The van der Waals surface area contributed by atoms with E-state index in [0.717, 1.165) is 30.6 Å². The summed E-state index contributed by atoms with van der Waals surface area (Å²) < 4.78 is 13.0. The zero-order chi connectivity index (χ0) is 13.5. The monoisotopic (exact) mass is 254 g/mol. The van der Waals surface area contributed by atoms with Crippen LogP contribution in [-0.4, -0.2) is 28.7 Å². The standard InChI is InChI=1S/C11H15FN2.CH5BO2/c1-2-10-9(6-8(12)7-14-10)11-4-3-5-13-11;1-2(3)4/h6-7,11,13H,2-5H2,1H3;3-4H,1H3/t11-;/m1./s1. The minimum atomic E-state index is -1.17. The fraction of sp³-hybridized carbons (Fsp3) is 0.583. The fourth-order valence-electron chi connectivity index (χ4n) is 2.03. The predicted octanol–water partition coefficient (Wildman–Crippen LogP) is 1.30. The zero-order valence-corrected chi connectivity index (χ0v) is 10.9. The minimum Gasteiger partial charge on any atom is -0.427 e. The largest absolute Gasteiger partial charge is 0.448 e. The molecule has 1 fully saturated rings. The van der Waals surface area contributed by atoms with Crippen LogP contribution in [0.1, 0.15) is 37.1 Å². The number of nitrogens with zero attached hydrogens (tertiary/aromatic N) is 1. The molecule has 4 nitrogen and oxygen atoms in total. The van der Waals surface area contributed by atoms with Crippen LogP contribution in [-0.2, 0) is 6.42 Å². The van der Waals surface area contributed by atoms with Crippen LogP contribution in [0.5, 0.6) is 0 Å². The normalized spacial score (nSPS) is 18.2. The number of aryl methyl sites for hydroxylation is 1. The van der Waals surface area contributed by atoms with Crippen molar-refractivity contribution in [1.82, 2.24) is 10.3 Å². The van der Waals surface area contributed by atoms with Gasteiger partial charge in [-0.25, -0.2) is 4.39 Å². The van der Waals surface area contributed by atoms with Crippen molar-refractivity contribution < 1.29 is 14.4 Å². The zero-order valence-electron chi connectivity index (χ0n) is 10.9. The van der Waals surface area contributed by atoms with Crippen molar-refractivity contribution in [3.05, 3.63) is 29.3 Å². The molecule has 0 aliphatic carbocycles. The summed E-state index contributed by atoms with van der Waals surface area (Å²) in [6, 6.07) is 1.93. The van der Waals surface area contributed by atoms with Crippen LogP contribution in [0.2, 0.25) is 6.82 Å². The van der Waals surface area contributed by atoms with Gasteiger partial charge in [-0.1, -0.05) is 6.92 Å². The number of hydrogen-bond donors (Lipinski definition) is 3. The predicted molar refractivity (Wildman–Crippen MR) is 69.6 cm³/mol. The Morgan fingerprint density at radius 1 is 1.56 bits per heavy atom. The number of halogens is 1. The van der Waals surface area contributed by atoms with E-state index < -0.39 is 7.12 Å². The van der Waals surface area contributed by atoms with Crippen molar-refractivity contribution in [3.63, 3.8) is 0 Å². The lowest BCUT2D eigenvalue weighted by molar-refractivity contribution is 0.417. The van der Waals surface area contributed by atoms with Gasteiger partial charge >= 0.3 is 7.12 Å². The quantitative estimate of drug-likeness (QED) is 0.696. The smallest absolute Gasteiger partial charge is 0.427 e. The highest BCUT2D eigenvalue weighted by Gasteiger charge is 2.19. The van der Waals surface area contributed by atoms with Gasteiger partial charge in [-0.15, -0.1) is 0 Å². The molecule has 1 aromatic heterocycles. The first-order valence-corrected chi connectivity index (χ1v) is 6.28. The maximum absolute atomic E-state index is 13.0. The summed E-state index contributed by atoms with van der Waals surface area (Å²) in [7, 11) is -1.17. The van der Waals surface area contributed by atoms with Crippen LogP contribution in [0.15, 0.2) is 12.3 Å². The second kappa shape index (κ2) is 7.46. The van der Waals surface area contributed by atoms with Crippen LogP contribution < -0.4 is 5.32 Å². The van der Waals surface area contributed by atoms with Gasteiger partial charge in [0.15, 0.2) is 0 Å². The Labute approximate surface area is 107 Å². The van der Waals surface area contributed by atoms with Crippen molar-refractivity contribution in [2.45, 2.75) is 39.1 Å². The van der Waals surface area contributed by atoms with Crippen LogP contribution in [0.4, 0.5) is 4.39 Å². The number of hydrogen-bond acceptors (Lipinski definition) is 4. The van der Waals surface area contributed by atoms with E-state index in [1.807, 2.05) is 0 Å². The van der Waals surface area contributed by atoms with Gasteiger partial charge in [0.2, 0.25) is 0 Å². The third-order valence-electron chi connectivity index (χ3n) is 2.74. The van der Waals surface area contributed by atoms with Crippen LogP contribution in [0.25, 0.3) is 0 Å². The van der Waals surface area contributed by atoms with E-state index in [0.29, 0.717) is 6.04 Å². The first-order valence-electron chi connectivity index (χ1n) is 6.28. The lowest BCUT2D eigenvalue weighted by Crippen LogP contribution is -2.15. The van der Waals surface area contributed by atoms with Crippen molar-refractivity contribution in [2.75, 3.05) is 6.54 Å². The molecule has 0 saturated carbocycles. The molecular weight excluding hydrogens is 234 g/mol. The summed E-state index contributed by atoms with van der Waals surface area (Å²) in [5.41, 5.74) is 2.07. The van der Waals surface area contributed by atoms with Gasteiger partial charge in [0.1, 0.15) is 5.82 Å². The van der Waals surface area contributed by atoms with E-state index >= 15 is 0 Å². The van der Waals surface area contributed by atoms with Crippen LogP contribution in [0.3, 0.4) is 0 Å². The molecule has 3 N–H and O–H groups in total. The van der Waals surface area contributed by atoms with E-state index in [1.54, 1.807) is 6.07 Å². The average molecular weight is 254 g/mol. The molecule has 100 valence electrons. The van der Waals surface area contributed by atoms with Crippen molar-refractivity contribution in [1.29, 1.82) is 0 Å². The molecule has 1 aromatic rings. The SMILES string of the molecule is CB(O)O.CCc1ncc(F)cc1[C@H]1CCCN1. The first-order chi connectivity index (χ1) is 8.54. The molecule has 1 saturated heterocycles. The number of rotatable bonds is 2. The van der Waals surface area contributed by atoms with Crippen molar-refractivity contribution in [2.24, 2.45) is 0 Å². The Hall–Kier alpha value is -0.975. The Kier molecular flexibility index (Phi) is 6.25. The molecule has 1 aliphatic rings. The second-order valence-corrected chi connectivity index (χ2v) is 4.32. The Balaban J connectivity index is 0.000000357. The van der Waals surface area contributed by atoms with Gasteiger partial charge in [-0.05, 0) is 44.3 Å². The van der Waals surface area contributed by atoms with Crippen molar-refractivity contribution in [3.8, 4) is 0 Å². The number of aromatic nitrogens is 1. The molecule has 0 bridgehead atoms. The van der Waals surface area contributed by atoms with E-state index in [9.17, 15) is 4.39 Å². The first kappa shape index (κ1) is 15.1. The maximum atomic E-state index is 13.0. The lowest BCUT2D eigenvalue weighted by atomic mass is 9.99. The third kappa shape index (κ3) is 4.72. The van der Waals surface area contributed by atoms with Crippen molar-refractivity contribution >= 4 is 7.12 Å². The number of pyridine rings is 1. The van der Waals surface area contributed by atoms with Gasteiger partial charge < -0.3 is 15.4 Å². The van der Waals surface area contributed by atoms with E-state index in [2.05, 4.69) is 17.2 Å². The molecule has 1 atom stereocenters. The molecule has 0 radical (unpaired) electrons. The summed E-state index contributed by atoms with van der Waals surface area (Å²) in [6.45, 7) is 4.36. The highest BCUT2D eigenvalue weighted by molar-refractivity contribution is 6.38. The van der Waals surface area contributed by atoms with Gasteiger partial charge in [0.25, 0.3) is 0 Å². The van der Waals surface area contributed by atoms with Crippen LogP contribution in [0, 0.1) is 5.82 Å². The average Bonchev–Trinajstić information content (AvgIpc) is 2.81. The molecule has 0 amide bonds. The molecule has 0 unspecified atom stereocenters. The van der Waals surface area contributed by atoms with Gasteiger partial charge in [-0.2, -0.15) is 0 Å². The van der Waals surface area contributed by atoms with Gasteiger partial charge in [-0.3, -0.25) is 4.98 Å². The fourth-order valence-corrected chi connectivity index (χ4v) is 2.03. The Morgan fingerprint density at radius 2 is 2.22 bits per heavy atom. The van der Waals surface area contributed by atoms with E-state index in [-0.39, 0.29) is 5.82 Å². The highest BCUT2D eigenvalue weighted by atomic mass is 19.1. The number of nitrogens with one attached hydrogen (secondary N) is 1. The topological polar surface area (TPSA) is 65.4 Å². The summed E-state index contributed by atoms with van der Waals surface area (Å²) in [5.74, 6) is -0.231. The molecule has 0 aromatic carbocycles. The second-order valence-electron chi connectivity index (χ2n) is 4.32. The molecule has 18 heavy (non-hydrogen) atoms. The summed E-state index contributed by atoms with van der Waals surface area (Å²) in [5, 5.41) is 18.6. The molecule has 0 spiro atoms. The lowest BCUT2D eigenvalue weighted by Gasteiger charge is -2.13. The van der Waals surface area contributed by atoms with E-state index in [4.69, 9.17) is 10.0 Å². The highest BCUT2D eigenvalue weighted by Crippen LogP contribution is 2.25. The van der Waals surface area contributed by atoms with E-state index in [1.165, 1.54) is 19.4 Å². The Morgan fingerprint density at radius 3 is 2.72 bits per heavy atom. The maximum Gasteiger partial charge on any atom is 0.448 e. The summed E-state index contributed by atoms with van der Waals surface area (Å²) in [4.78, 5) is 4.13. The van der Waals surface area contributed by atoms with Gasteiger partial charge in [0.05, 0.1) is 6.20 Å². The van der Waals surface area contributed by atoms with Gasteiger partial charge in [0, 0.05) is 11.7 Å². The molecule has 2 rings (SSSR count). The van der Waals surface area contributed by atoms with Crippen LogP contribution >= 0.6 is 0 Å². The molecule has 1 aliphatic heterocycles. The summed E-state index contributed by atoms with van der Waals surface area (Å²) >= 11 is 0. The molecule has 2 heterocycles. The molecule has 6 heteroatoms. The molecular formula is C12H20BFN2O2. The summed E-state index contributed by atoms with van der Waals surface area (Å²) in [6.07, 6.45) is 4.44. The Bertz CT molecular complexity index is 368.